The van der Waals surface area contributed by atoms with Crippen LogP contribution in [0.15, 0.2) is 24.3 Å². The predicted octanol–water partition coefficient (Wildman–Crippen LogP) is 0.559. The molecule has 1 atom stereocenters. The van der Waals surface area contributed by atoms with Gasteiger partial charge in [0, 0.05) is 18.9 Å². The van der Waals surface area contributed by atoms with Gasteiger partial charge in [-0.25, -0.2) is 8.42 Å². The number of nitrogens with zero attached hydrogens (tertiary/aromatic N) is 1. The SMILES string of the molecule is CN1C(=O)c2ccccc2C(C)(S(C)(=O)=O)C1=O. The molecular formula is C12H13NO4S. The Morgan fingerprint density at radius 3 is 2.28 bits per heavy atom. The van der Waals surface area contributed by atoms with Gasteiger partial charge in [-0.1, -0.05) is 18.2 Å². The molecule has 0 fully saturated rings. The second-order valence-electron chi connectivity index (χ2n) is 4.52. The third-order valence-corrected chi connectivity index (χ3v) is 5.31. The zero-order valence-corrected chi connectivity index (χ0v) is 11.1. The van der Waals surface area contributed by atoms with E-state index in [4.69, 9.17) is 0 Å². The van der Waals surface area contributed by atoms with Crippen molar-refractivity contribution in [2.24, 2.45) is 0 Å². The fourth-order valence-electron chi connectivity index (χ4n) is 2.15. The summed E-state index contributed by atoms with van der Waals surface area (Å²) in [5, 5.41) is 0. The predicted molar refractivity (Wildman–Crippen MR) is 65.7 cm³/mol. The zero-order valence-electron chi connectivity index (χ0n) is 10.3. The lowest BCUT2D eigenvalue weighted by molar-refractivity contribution is -0.130. The number of imide groups is 1. The second-order valence-corrected chi connectivity index (χ2v) is 6.88. The monoisotopic (exact) mass is 267 g/mol. The van der Waals surface area contributed by atoms with Crippen molar-refractivity contribution in [3.05, 3.63) is 35.4 Å². The topological polar surface area (TPSA) is 71.5 Å². The van der Waals surface area contributed by atoms with E-state index in [1.807, 2.05) is 0 Å². The average molecular weight is 267 g/mol. The lowest BCUT2D eigenvalue weighted by atomic mass is 9.89. The molecule has 0 aliphatic carbocycles. The molecule has 96 valence electrons. The van der Waals surface area contributed by atoms with Gasteiger partial charge in [0.25, 0.3) is 11.8 Å². The molecule has 1 aliphatic rings. The van der Waals surface area contributed by atoms with E-state index in [0.29, 0.717) is 0 Å². The quantitative estimate of drug-likeness (QED) is 0.697. The van der Waals surface area contributed by atoms with Crippen molar-refractivity contribution in [3.63, 3.8) is 0 Å². The van der Waals surface area contributed by atoms with Crippen molar-refractivity contribution in [2.45, 2.75) is 11.7 Å². The van der Waals surface area contributed by atoms with Gasteiger partial charge in [-0.3, -0.25) is 14.5 Å². The Kier molecular flexibility index (Phi) is 2.59. The van der Waals surface area contributed by atoms with Crippen LogP contribution in [0.25, 0.3) is 0 Å². The van der Waals surface area contributed by atoms with Gasteiger partial charge in [0.2, 0.25) is 0 Å². The Labute approximate surface area is 105 Å². The highest BCUT2D eigenvalue weighted by atomic mass is 32.2. The number of hydrogen-bond acceptors (Lipinski definition) is 4. The number of hydrogen-bond donors (Lipinski definition) is 0. The Hall–Kier alpha value is -1.69. The van der Waals surface area contributed by atoms with E-state index in [2.05, 4.69) is 0 Å². The van der Waals surface area contributed by atoms with Gasteiger partial charge in [-0.15, -0.1) is 0 Å². The van der Waals surface area contributed by atoms with Gasteiger partial charge in [-0.05, 0) is 18.6 Å². The minimum atomic E-state index is -3.69. The minimum absolute atomic E-state index is 0.251. The first-order valence-corrected chi connectivity index (χ1v) is 7.22. The molecule has 5 nitrogen and oxygen atoms in total. The van der Waals surface area contributed by atoms with Gasteiger partial charge in [0.05, 0.1) is 0 Å². The number of amides is 2. The number of sulfone groups is 1. The molecule has 1 heterocycles. The second kappa shape index (κ2) is 3.65. The normalized spacial score (nSPS) is 24.1. The van der Waals surface area contributed by atoms with Crippen LogP contribution < -0.4 is 0 Å². The maximum atomic E-state index is 12.2. The molecule has 18 heavy (non-hydrogen) atoms. The van der Waals surface area contributed by atoms with Crippen molar-refractivity contribution in [3.8, 4) is 0 Å². The van der Waals surface area contributed by atoms with Crippen molar-refractivity contribution in [1.82, 2.24) is 4.90 Å². The highest BCUT2D eigenvalue weighted by molar-refractivity contribution is 7.92. The zero-order chi connectivity index (χ0) is 13.7. The fourth-order valence-corrected chi connectivity index (χ4v) is 3.18. The van der Waals surface area contributed by atoms with E-state index in [0.717, 1.165) is 11.2 Å². The number of carbonyl (C=O) groups is 2. The summed E-state index contributed by atoms with van der Waals surface area (Å²) >= 11 is 0. The molecule has 0 saturated carbocycles. The molecule has 0 bridgehead atoms. The van der Waals surface area contributed by atoms with Crippen LogP contribution >= 0.6 is 0 Å². The molecule has 1 unspecified atom stereocenters. The van der Waals surface area contributed by atoms with Crippen LogP contribution in [0.1, 0.15) is 22.8 Å². The van der Waals surface area contributed by atoms with E-state index >= 15 is 0 Å². The summed E-state index contributed by atoms with van der Waals surface area (Å²) in [6.07, 6.45) is 1.01. The highest BCUT2D eigenvalue weighted by Crippen LogP contribution is 2.37. The first-order valence-electron chi connectivity index (χ1n) is 5.33. The molecule has 1 aromatic carbocycles. The maximum absolute atomic E-state index is 12.2. The summed E-state index contributed by atoms with van der Waals surface area (Å²) in [5.41, 5.74) is 0.508. The smallest absolute Gasteiger partial charge is 0.260 e. The lowest BCUT2D eigenvalue weighted by Gasteiger charge is -2.36. The molecule has 2 rings (SSSR count). The molecule has 1 aliphatic heterocycles. The van der Waals surface area contributed by atoms with Gasteiger partial charge < -0.3 is 0 Å². The largest absolute Gasteiger partial charge is 0.280 e. The summed E-state index contributed by atoms with van der Waals surface area (Å²) in [6.45, 7) is 1.34. The summed E-state index contributed by atoms with van der Waals surface area (Å²) in [6, 6.07) is 6.31. The summed E-state index contributed by atoms with van der Waals surface area (Å²) in [7, 11) is -2.39. The van der Waals surface area contributed by atoms with E-state index in [9.17, 15) is 18.0 Å². The molecule has 0 N–H and O–H groups in total. The Morgan fingerprint density at radius 1 is 1.17 bits per heavy atom. The summed E-state index contributed by atoms with van der Waals surface area (Å²) in [4.78, 5) is 25.0. The van der Waals surface area contributed by atoms with Crippen molar-refractivity contribution < 1.29 is 18.0 Å². The minimum Gasteiger partial charge on any atom is -0.280 e. The van der Waals surface area contributed by atoms with Crippen molar-refractivity contribution in [1.29, 1.82) is 0 Å². The number of fused-ring (bicyclic) bond motifs is 1. The summed E-state index contributed by atoms with van der Waals surface area (Å²) in [5.74, 6) is -1.19. The van der Waals surface area contributed by atoms with Crippen LogP contribution in [0.2, 0.25) is 0 Å². The first kappa shape index (κ1) is 12.8. The summed E-state index contributed by atoms with van der Waals surface area (Å²) < 4.78 is 22.2. The number of rotatable bonds is 1. The van der Waals surface area contributed by atoms with Crippen LogP contribution in [0.3, 0.4) is 0 Å². The van der Waals surface area contributed by atoms with Crippen LogP contribution in [-0.4, -0.2) is 38.4 Å². The van der Waals surface area contributed by atoms with Gasteiger partial charge in [0.15, 0.2) is 14.6 Å². The Bertz CT molecular complexity index is 650. The van der Waals surface area contributed by atoms with Gasteiger partial charge in [0.1, 0.15) is 0 Å². The molecule has 0 spiro atoms. The van der Waals surface area contributed by atoms with Gasteiger partial charge >= 0.3 is 0 Å². The standard InChI is InChI=1S/C12H13NO4S/c1-12(18(3,16)17)9-7-5-4-6-8(9)10(14)13(2)11(12)15/h4-7H,1-3H3. The van der Waals surface area contributed by atoms with Crippen LogP contribution in [-0.2, 0) is 19.4 Å². The molecule has 1 aromatic rings. The first-order chi connectivity index (χ1) is 8.21. The van der Waals surface area contributed by atoms with Crippen LogP contribution in [0.5, 0.6) is 0 Å². The van der Waals surface area contributed by atoms with E-state index in [1.54, 1.807) is 12.1 Å². The van der Waals surface area contributed by atoms with E-state index in [-0.39, 0.29) is 11.1 Å². The Balaban J connectivity index is 2.88. The van der Waals surface area contributed by atoms with Gasteiger partial charge in [-0.2, -0.15) is 0 Å². The number of carbonyl (C=O) groups excluding carboxylic acids is 2. The molecular weight excluding hydrogens is 254 g/mol. The molecule has 0 saturated heterocycles. The van der Waals surface area contributed by atoms with Crippen LogP contribution in [0.4, 0.5) is 0 Å². The molecule has 0 radical (unpaired) electrons. The number of benzene rings is 1. The Morgan fingerprint density at radius 2 is 1.72 bits per heavy atom. The van der Waals surface area contributed by atoms with Crippen LogP contribution in [0, 0.1) is 0 Å². The molecule has 2 amide bonds. The third kappa shape index (κ3) is 1.42. The lowest BCUT2D eigenvalue weighted by Crippen LogP contribution is -2.54. The van der Waals surface area contributed by atoms with Crippen molar-refractivity contribution in [2.75, 3.05) is 13.3 Å². The number of likely N-dealkylation sites (N-methyl/N-ethyl adjacent to an activating group) is 1. The maximum Gasteiger partial charge on any atom is 0.260 e. The average Bonchev–Trinajstić information content (AvgIpc) is 2.32. The molecule has 6 heteroatoms. The van der Waals surface area contributed by atoms with E-state index < -0.39 is 26.4 Å². The van der Waals surface area contributed by atoms with Crippen molar-refractivity contribution >= 4 is 21.7 Å². The highest BCUT2D eigenvalue weighted by Gasteiger charge is 2.53. The third-order valence-electron chi connectivity index (χ3n) is 3.43. The fraction of sp³-hybridized carbons (Fsp3) is 0.333. The van der Waals surface area contributed by atoms with E-state index in [1.165, 1.54) is 26.1 Å². The molecule has 0 aromatic heterocycles.